The van der Waals surface area contributed by atoms with E-state index in [0.717, 1.165) is 24.6 Å². The molecule has 0 spiro atoms. The number of piperidine rings is 1. The van der Waals surface area contributed by atoms with E-state index in [1.807, 2.05) is 12.3 Å². The van der Waals surface area contributed by atoms with Gasteiger partial charge in [0.15, 0.2) is 0 Å². The van der Waals surface area contributed by atoms with Crippen LogP contribution >= 0.6 is 0 Å². The van der Waals surface area contributed by atoms with Crippen LogP contribution in [0.1, 0.15) is 30.5 Å². The Hall–Kier alpha value is -1.81. The second-order valence-corrected chi connectivity index (χ2v) is 6.21. The summed E-state index contributed by atoms with van der Waals surface area (Å²) in [6, 6.07) is 8.45. The molecule has 2 heterocycles. The van der Waals surface area contributed by atoms with Crippen molar-refractivity contribution in [2.75, 3.05) is 20.2 Å². The van der Waals surface area contributed by atoms with Crippen LogP contribution in [0.5, 0.6) is 5.75 Å². The molecule has 3 rings (SSSR count). The van der Waals surface area contributed by atoms with Crippen molar-refractivity contribution in [3.05, 3.63) is 48.0 Å². The van der Waals surface area contributed by atoms with Crippen molar-refractivity contribution in [1.82, 2.24) is 14.9 Å². The summed E-state index contributed by atoms with van der Waals surface area (Å²) in [6.07, 6.45) is 8.74. The van der Waals surface area contributed by atoms with Crippen LogP contribution < -0.4 is 4.74 Å². The maximum atomic E-state index is 5.30. The van der Waals surface area contributed by atoms with E-state index < -0.39 is 0 Å². The first-order chi connectivity index (χ1) is 10.8. The topological polar surface area (TPSA) is 41.1 Å². The summed E-state index contributed by atoms with van der Waals surface area (Å²) in [6.45, 7) is 3.40. The number of benzene rings is 1. The number of methoxy groups -OCH3 is 1. The van der Waals surface area contributed by atoms with Crippen molar-refractivity contribution >= 4 is 0 Å². The number of rotatable bonds is 6. The molecule has 1 aliphatic rings. The van der Waals surface area contributed by atoms with Gasteiger partial charge in [0.2, 0.25) is 0 Å². The fourth-order valence-electron chi connectivity index (χ4n) is 3.34. The Labute approximate surface area is 132 Å². The summed E-state index contributed by atoms with van der Waals surface area (Å²) in [7, 11) is 1.73. The third-order valence-electron chi connectivity index (χ3n) is 4.53. The van der Waals surface area contributed by atoms with Crippen molar-refractivity contribution in [2.45, 2.75) is 32.2 Å². The quantitative estimate of drug-likeness (QED) is 0.890. The van der Waals surface area contributed by atoms with Gasteiger partial charge in [-0.2, -0.15) is 0 Å². The lowest BCUT2D eigenvalue weighted by atomic mass is 9.91. The minimum absolute atomic E-state index is 0.794. The predicted octanol–water partition coefficient (Wildman–Crippen LogP) is 3.26. The average molecular weight is 299 g/mol. The molecule has 1 atom stereocenters. The fraction of sp³-hybridized carbons (Fsp3) is 0.500. The number of nitrogens with one attached hydrogen (secondary N) is 1. The molecule has 1 aromatic carbocycles. The molecule has 0 aliphatic carbocycles. The number of likely N-dealkylation sites (tertiary alicyclic amines) is 1. The average Bonchev–Trinajstić information content (AvgIpc) is 3.06. The standard InChI is InChI=1S/C18H25N3O/c1-22-18-6-2-4-15(10-18)7-8-16-5-3-9-21(12-16)13-17-11-19-14-20-17/h2,4,6,10-11,14,16H,3,5,7-9,12-13H2,1H3,(H,19,20)/t16-/m0/s1. The van der Waals surface area contributed by atoms with E-state index in [2.05, 4.69) is 33.1 Å². The maximum Gasteiger partial charge on any atom is 0.119 e. The molecule has 4 nitrogen and oxygen atoms in total. The van der Waals surface area contributed by atoms with Gasteiger partial charge in [-0.15, -0.1) is 0 Å². The first kappa shape index (κ1) is 15.1. The molecule has 22 heavy (non-hydrogen) atoms. The largest absolute Gasteiger partial charge is 0.497 e. The lowest BCUT2D eigenvalue weighted by Gasteiger charge is -2.32. The molecule has 1 saturated heterocycles. The van der Waals surface area contributed by atoms with Gasteiger partial charge in [-0.3, -0.25) is 4.90 Å². The molecule has 0 amide bonds. The molecule has 0 radical (unpaired) electrons. The molecule has 1 aliphatic heterocycles. The number of H-pyrrole nitrogens is 1. The van der Waals surface area contributed by atoms with Gasteiger partial charge in [0.05, 0.1) is 13.4 Å². The highest BCUT2D eigenvalue weighted by atomic mass is 16.5. The third-order valence-corrected chi connectivity index (χ3v) is 4.53. The number of aryl methyl sites for hydroxylation is 1. The maximum absolute atomic E-state index is 5.30. The SMILES string of the molecule is COc1cccc(CC[C@@H]2CCCN(Cc3cnc[nH]3)C2)c1. The summed E-state index contributed by atoms with van der Waals surface area (Å²) in [5.41, 5.74) is 2.60. The molecule has 1 aromatic heterocycles. The second kappa shape index (κ2) is 7.45. The third kappa shape index (κ3) is 4.10. The van der Waals surface area contributed by atoms with Crippen LogP contribution in [-0.4, -0.2) is 35.1 Å². The highest BCUT2D eigenvalue weighted by Gasteiger charge is 2.20. The van der Waals surface area contributed by atoms with Crippen LogP contribution in [0.15, 0.2) is 36.8 Å². The first-order valence-electron chi connectivity index (χ1n) is 8.16. The van der Waals surface area contributed by atoms with Crippen LogP contribution in [0.2, 0.25) is 0 Å². The molecule has 0 unspecified atom stereocenters. The number of nitrogens with zero attached hydrogens (tertiary/aromatic N) is 2. The van der Waals surface area contributed by atoms with Gasteiger partial charge in [0, 0.05) is 25.0 Å². The molecule has 4 heteroatoms. The van der Waals surface area contributed by atoms with Gasteiger partial charge < -0.3 is 9.72 Å². The lowest BCUT2D eigenvalue weighted by molar-refractivity contribution is 0.160. The number of aromatic nitrogens is 2. The minimum atomic E-state index is 0.794. The van der Waals surface area contributed by atoms with E-state index in [9.17, 15) is 0 Å². The zero-order chi connectivity index (χ0) is 15.2. The molecular weight excluding hydrogens is 274 g/mol. The summed E-state index contributed by atoms with van der Waals surface area (Å²) in [5, 5.41) is 0. The van der Waals surface area contributed by atoms with E-state index in [1.54, 1.807) is 13.4 Å². The number of aromatic amines is 1. The van der Waals surface area contributed by atoms with Gasteiger partial charge in [0.1, 0.15) is 5.75 Å². The van der Waals surface area contributed by atoms with E-state index in [0.29, 0.717) is 0 Å². The zero-order valence-electron chi connectivity index (χ0n) is 13.3. The highest BCUT2D eigenvalue weighted by Crippen LogP contribution is 2.23. The lowest BCUT2D eigenvalue weighted by Crippen LogP contribution is -2.35. The van der Waals surface area contributed by atoms with Gasteiger partial charge in [-0.1, -0.05) is 12.1 Å². The van der Waals surface area contributed by atoms with Crippen molar-refractivity contribution in [1.29, 1.82) is 0 Å². The summed E-state index contributed by atoms with van der Waals surface area (Å²) >= 11 is 0. The number of hydrogen-bond donors (Lipinski definition) is 1. The Morgan fingerprint density at radius 1 is 1.41 bits per heavy atom. The Kier molecular flexibility index (Phi) is 5.11. The normalized spacial score (nSPS) is 19.2. The predicted molar refractivity (Wildman–Crippen MR) is 87.9 cm³/mol. The van der Waals surface area contributed by atoms with Crippen molar-refractivity contribution in [3.8, 4) is 5.75 Å². The molecule has 1 fully saturated rings. The van der Waals surface area contributed by atoms with E-state index in [4.69, 9.17) is 4.74 Å². The molecule has 0 bridgehead atoms. The summed E-state index contributed by atoms with van der Waals surface area (Å²) < 4.78 is 5.30. The van der Waals surface area contributed by atoms with Crippen molar-refractivity contribution < 1.29 is 4.74 Å². The number of imidazole rings is 1. The molecule has 1 N–H and O–H groups in total. The molecule has 118 valence electrons. The number of hydrogen-bond acceptors (Lipinski definition) is 3. The van der Waals surface area contributed by atoms with Crippen LogP contribution in [0.25, 0.3) is 0 Å². The second-order valence-electron chi connectivity index (χ2n) is 6.21. The monoisotopic (exact) mass is 299 g/mol. The van der Waals surface area contributed by atoms with E-state index in [1.165, 1.54) is 43.6 Å². The molecule has 2 aromatic rings. The van der Waals surface area contributed by atoms with Crippen LogP contribution in [-0.2, 0) is 13.0 Å². The zero-order valence-corrected chi connectivity index (χ0v) is 13.3. The Morgan fingerprint density at radius 2 is 2.36 bits per heavy atom. The Morgan fingerprint density at radius 3 is 3.18 bits per heavy atom. The van der Waals surface area contributed by atoms with Crippen LogP contribution in [0.3, 0.4) is 0 Å². The van der Waals surface area contributed by atoms with Crippen LogP contribution in [0.4, 0.5) is 0 Å². The molecule has 0 saturated carbocycles. The Bertz CT molecular complexity index is 567. The Balaban J connectivity index is 1.49. The van der Waals surface area contributed by atoms with E-state index >= 15 is 0 Å². The summed E-state index contributed by atoms with van der Waals surface area (Å²) in [4.78, 5) is 9.86. The highest BCUT2D eigenvalue weighted by molar-refractivity contribution is 5.28. The van der Waals surface area contributed by atoms with Gasteiger partial charge >= 0.3 is 0 Å². The fourth-order valence-corrected chi connectivity index (χ4v) is 3.34. The van der Waals surface area contributed by atoms with Gasteiger partial charge in [0.25, 0.3) is 0 Å². The summed E-state index contributed by atoms with van der Waals surface area (Å²) in [5.74, 6) is 1.75. The van der Waals surface area contributed by atoms with Crippen molar-refractivity contribution in [3.63, 3.8) is 0 Å². The molecular formula is C18H25N3O. The first-order valence-corrected chi connectivity index (χ1v) is 8.16. The minimum Gasteiger partial charge on any atom is -0.497 e. The van der Waals surface area contributed by atoms with Crippen molar-refractivity contribution in [2.24, 2.45) is 5.92 Å². The van der Waals surface area contributed by atoms with Gasteiger partial charge in [-0.25, -0.2) is 4.98 Å². The smallest absolute Gasteiger partial charge is 0.119 e. The number of ether oxygens (including phenoxy) is 1. The van der Waals surface area contributed by atoms with E-state index in [-0.39, 0.29) is 0 Å². The van der Waals surface area contributed by atoms with Crippen LogP contribution in [0, 0.1) is 5.92 Å². The van der Waals surface area contributed by atoms with Gasteiger partial charge in [-0.05, 0) is 55.8 Å².